The number of aromatic nitrogens is 2. The number of nitrogens with two attached hydrogens (primary N) is 1. The summed E-state index contributed by atoms with van der Waals surface area (Å²) in [5, 5.41) is 0. The lowest BCUT2D eigenvalue weighted by Crippen LogP contribution is -2.04. The highest BCUT2D eigenvalue weighted by Crippen LogP contribution is 2.19. The Morgan fingerprint density at radius 2 is 1.75 bits per heavy atom. The molecule has 0 aromatic carbocycles. The zero-order chi connectivity index (χ0) is 9.14. The fourth-order valence-corrected chi connectivity index (χ4v) is 1.09. The monoisotopic (exact) mass is 167 g/mol. The Kier molecular flexibility index (Phi) is 2.47. The molecule has 0 aliphatic carbocycles. The van der Waals surface area contributed by atoms with Crippen LogP contribution in [0.2, 0.25) is 0 Å². The highest BCUT2D eigenvalue weighted by atomic mass is 16.5. The second kappa shape index (κ2) is 3.38. The van der Waals surface area contributed by atoms with Crippen molar-refractivity contribution in [1.82, 2.24) is 9.97 Å². The molecular weight excluding hydrogens is 154 g/mol. The van der Waals surface area contributed by atoms with Crippen LogP contribution in [0, 0.1) is 13.8 Å². The summed E-state index contributed by atoms with van der Waals surface area (Å²) in [6, 6.07) is 0. The van der Waals surface area contributed by atoms with E-state index in [2.05, 4.69) is 9.97 Å². The van der Waals surface area contributed by atoms with E-state index < -0.39 is 0 Å². The maximum Gasteiger partial charge on any atom is 0.220 e. The highest BCUT2D eigenvalue weighted by Gasteiger charge is 2.06. The molecule has 0 spiro atoms. The molecule has 1 rings (SSSR count). The molecule has 0 atom stereocenters. The van der Waals surface area contributed by atoms with Crippen molar-refractivity contribution in [3.63, 3.8) is 0 Å². The van der Waals surface area contributed by atoms with Crippen LogP contribution in [0.3, 0.4) is 0 Å². The predicted molar refractivity (Wildman–Crippen MR) is 47.1 cm³/mol. The lowest BCUT2D eigenvalue weighted by atomic mass is 10.3. The Balaban J connectivity index is 3.10. The predicted octanol–water partition coefficient (Wildman–Crippen LogP) is 1.07. The molecule has 4 nitrogen and oxygen atoms in total. The first-order chi connectivity index (χ1) is 5.65. The zero-order valence-corrected chi connectivity index (χ0v) is 7.59. The fourth-order valence-electron chi connectivity index (χ4n) is 1.09. The Morgan fingerprint density at radius 1 is 1.25 bits per heavy atom. The van der Waals surface area contributed by atoms with Crippen LogP contribution >= 0.6 is 0 Å². The molecule has 12 heavy (non-hydrogen) atoms. The van der Waals surface area contributed by atoms with Crippen LogP contribution in [-0.2, 0) is 0 Å². The summed E-state index contributed by atoms with van der Waals surface area (Å²) in [6.45, 7) is 6.26. The van der Waals surface area contributed by atoms with Crippen molar-refractivity contribution in [2.75, 3.05) is 12.3 Å². The van der Waals surface area contributed by atoms with Gasteiger partial charge in [0.1, 0.15) is 0 Å². The van der Waals surface area contributed by atoms with Crippen LogP contribution in [0.25, 0.3) is 0 Å². The average Bonchev–Trinajstić information content (AvgIpc) is 1.96. The van der Waals surface area contributed by atoms with Gasteiger partial charge in [0.25, 0.3) is 0 Å². The molecule has 1 aromatic heterocycles. The molecule has 0 saturated heterocycles. The molecular formula is C8H13N3O. The van der Waals surface area contributed by atoms with Crippen molar-refractivity contribution in [2.24, 2.45) is 0 Å². The van der Waals surface area contributed by atoms with E-state index in [9.17, 15) is 0 Å². The van der Waals surface area contributed by atoms with E-state index in [0.29, 0.717) is 12.6 Å². The minimum absolute atomic E-state index is 0.299. The third kappa shape index (κ3) is 1.64. The maximum atomic E-state index is 5.45. The first-order valence-electron chi connectivity index (χ1n) is 3.88. The molecule has 0 amide bonds. The number of hydrogen-bond acceptors (Lipinski definition) is 4. The van der Waals surface area contributed by atoms with E-state index in [4.69, 9.17) is 10.5 Å². The quantitative estimate of drug-likeness (QED) is 0.715. The van der Waals surface area contributed by atoms with Crippen LogP contribution in [0.5, 0.6) is 5.75 Å². The van der Waals surface area contributed by atoms with Gasteiger partial charge in [0.2, 0.25) is 5.95 Å². The Labute approximate surface area is 71.8 Å². The Morgan fingerprint density at radius 3 is 2.17 bits per heavy atom. The standard InChI is InChI=1S/C8H13N3O/c1-4-12-7-5(2)10-8(9)11-6(7)3/h4H2,1-3H3,(H2,9,10,11). The average molecular weight is 167 g/mol. The van der Waals surface area contributed by atoms with Crippen molar-refractivity contribution in [3.05, 3.63) is 11.4 Å². The summed E-state index contributed by atoms with van der Waals surface area (Å²) in [5.74, 6) is 1.04. The summed E-state index contributed by atoms with van der Waals surface area (Å²) in [7, 11) is 0. The maximum absolute atomic E-state index is 5.45. The highest BCUT2D eigenvalue weighted by molar-refractivity contribution is 5.35. The van der Waals surface area contributed by atoms with Gasteiger partial charge in [-0.05, 0) is 20.8 Å². The molecule has 0 aliphatic heterocycles. The Hall–Kier alpha value is -1.32. The molecule has 4 heteroatoms. The number of ether oxygens (including phenoxy) is 1. The third-order valence-electron chi connectivity index (χ3n) is 1.51. The normalized spacial score (nSPS) is 9.92. The van der Waals surface area contributed by atoms with Crippen molar-refractivity contribution >= 4 is 5.95 Å². The smallest absolute Gasteiger partial charge is 0.220 e. The van der Waals surface area contributed by atoms with Gasteiger partial charge in [-0.25, -0.2) is 9.97 Å². The fraction of sp³-hybridized carbons (Fsp3) is 0.500. The molecule has 0 radical (unpaired) electrons. The largest absolute Gasteiger partial charge is 0.490 e. The van der Waals surface area contributed by atoms with Crippen LogP contribution in [0.1, 0.15) is 18.3 Å². The van der Waals surface area contributed by atoms with E-state index in [0.717, 1.165) is 17.1 Å². The van der Waals surface area contributed by atoms with Crippen LogP contribution in [0.15, 0.2) is 0 Å². The summed E-state index contributed by atoms with van der Waals surface area (Å²) in [4.78, 5) is 7.99. The van der Waals surface area contributed by atoms with E-state index in [1.165, 1.54) is 0 Å². The topological polar surface area (TPSA) is 61.0 Å². The van der Waals surface area contributed by atoms with Crippen LogP contribution in [-0.4, -0.2) is 16.6 Å². The van der Waals surface area contributed by atoms with Crippen LogP contribution in [0.4, 0.5) is 5.95 Å². The molecule has 0 aliphatic rings. The zero-order valence-electron chi connectivity index (χ0n) is 7.59. The molecule has 0 saturated carbocycles. The summed E-state index contributed by atoms with van der Waals surface area (Å²) < 4.78 is 5.34. The number of rotatable bonds is 2. The first kappa shape index (κ1) is 8.77. The number of nitrogen functional groups attached to an aromatic ring is 1. The van der Waals surface area contributed by atoms with Gasteiger partial charge in [-0.2, -0.15) is 0 Å². The molecule has 0 fully saturated rings. The van der Waals surface area contributed by atoms with Gasteiger partial charge >= 0.3 is 0 Å². The summed E-state index contributed by atoms with van der Waals surface area (Å²) in [6.07, 6.45) is 0. The second-order valence-electron chi connectivity index (χ2n) is 2.51. The van der Waals surface area contributed by atoms with Gasteiger partial charge in [0.05, 0.1) is 18.0 Å². The van der Waals surface area contributed by atoms with Gasteiger partial charge in [-0.3, -0.25) is 0 Å². The summed E-state index contributed by atoms with van der Waals surface area (Å²) in [5.41, 5.74) is 7.03. The van der Waals surface area contributed by atoms with Crippen molar-refractivity contribution in [3.8, 4) is 5.75 Å². The van der Waals surface area contributed by atoms with Gasteiger partial charge in [0.15, 0.2) is 5.75 Å². The third-order valence-corrected chi connectivity index (χ3v) is 1.51. The van der Waals surface area contributed by atoms with Gasteiger partial charge in [-0.1, -0.05) is 0 Å². The van der Waals surface area contributed by atoms with Gasteiger partial charge in [-0.15, -0.1) is 0 Å². The first-order valence-corrected chi connectivity index (χ1v) is 3.88. The molecule has 0 unspecified atom stereocenters. The minimum atomic E-state index is 0.299. The van der Waals surface area contributed by atoms with Crippen molar-refractivity contribution < 1.29 is 4.74 Å². The van der Waals surface area contributed by atoms with Crippen molar-refractivity contribution in [2.45, 2.75) is 20.8 Å². The lowest BCUT2D eigenvalue weighted by molar-refractivity contribution is 0.332. The van der Waals surface area contributed by atoms with Crippen LogP contribution < -0.4 is 10.5 Å². The van der Waals surface area contributed by atoms with E-state index >= 15 is 0 Å². The molecule has 1 aromatic rings. The number of anilines is 1. The van der Waals surface area contributed by atoms with E-state index in [1.54, 1.807) is 0 Å². The minimum Gasteiger partial charge on any atom is -0.490 e. The van der Waals surface area contributed by atoms with Crippen molar-refractivity contribution in [1.29, 1.82) is 0 Å². The Bertz CT molecular complexity index is 263. The molecule has 0 bridgehead atoms. The second-order valence-corrected chi connectivity index (χ2v) is 2.51. The SMILES string of the molecule is CCOc1c(C)nc(N)nc1C. The van der Waals surface area contributed by atoms with Gasteiger partial charge < -0.3 is 10.5 Å². The number of nitrogens with zero attached hydrogens (tertiary/aromatic N) is 2. The van der Waals surface area contributed by atoms with Gasteiger partial charge in [0, 0.05) is 0 Å². The number of hydrogen-bond donors (Lipinski definition) is 1. The number of aryl methyl sites for hydroxylation is 2. The lowest BCUT2D eigenvalue weighted by Gasteiger charge is -2.08. The van der Waals surface area contributed by atoms with E-state index in [-0.39, 0.29) is 0 Å². The summed E-state index contributed by atoms with van der Waals surface area (Å²) >= 11 is 0. The molecule has 66 valence electrons. The molecule has 2 N–H and O–H groups in total. The van der Waals surface area contributed by atoms with E-state index in [1.807, 2.05) is 20.8 Å². The molecule has 1 heterocycles.